The van der Waals surface area contributed by atoms with E-state index in [9.17, 15) is 4.79 Å². The van der Waals surface area contributed by atoms with E-state index in [0.29, 0.717) is 6.54 Å². The third kappa shape index (κ3) is 3.43. The number of rotatable bonds is 5. The first-order chi connectivity index (χ1) is 10.8. The molecule has 1 N–H and O–H groups in total. The second kappa shape index (κ2) is 7.13. The van der Waals surface area contributed by atoms with Crippen molar-refractivity contribution in [3.63, 3.8) is 0 Å². The van der Waals surface area contributed by atoms with Crippen molar-refractivity contribution in [3.05, 3.63) is 63.2 Å². The van der Waals surface area contributed by atoms with E-state index in [1.807, 2.05) is 24.3 Å². The van der Waals surface area contributed by atoms with Crippen molar-refractivity contribution in [1.29, 1.82) is 0 Å². The molecule has 0 saturated heterocycles. The van der Waals surface area contributed by atoms with Crippen LogP contribution in [-0.2, 0) is 6.42 Å². The third-order valence-electron chi connectivity index (χ3n) is 3.99. The average Bonchev–Trinajstić information content (AvgIpc) is 2.95. The molecule has 22 heavy (non-hydrogen) atoms. The van der Waals surface area contributed by atoms with Crippen molar-refractivity contribution < 1.29 is 4.79 Å². The number of hydrogen-bond donors (Lipinski definition) is 1. The van der Waals surface area contributed by atoms with Crippen molar-refractivity contribution in [2.45, 2.75) is 12.8 Å². The zero-order valence-electron chi connectivity index (χ0n) is 12.4. The molecule has 0 radical (unpaired) electrons. The minimum Gasteiger partial charge on any atom is -0.371 e. The summed E-state index contributed by atoms with van der Waals surface area (Å²) < 4.78 is 0.992. The van der Waals surface area contributed by atoms with Gasteiger partial charge in [0.25, 0.3) is 5.91 Å². The van der Waals surface area contributed by atoms with E-state index in [1.165, 1.54) is 11.3 Å². The molecule has 1 heterocycles. The molecular formula is C18H19IN2O. The molecule has 0 saturated carbocycles. The number of carbonyl (C=O) groups excluding carboxylic acids is 1. The lowest BCUT2D eigenvalue weighted by molar-refractivity contribution is 0.0952. The summed E-state index contributed by atoms with van der Waals surface area (Å²) in [6, 6.07) is 16.3. The standard InChI is InChI=1S/C18H19IN2O/c19-16-8-3-2-7-15(16)18(22)20-11-5-12-21-13-10-14-6-1-4-9-17(14)21/h1-4,6-9H,5,10-13H2,(H,20,22). The zero-order chi connectivity index (χ0) is 15.4. The summed E-state index contributed by atoms with van der Waals surface area (Å²) in [4.78, 5) is 14.5. The number of hydrogen-bond acceptors (Lipinski definition) is 2. The summed E-state index contributed by atoms with van der Waals surface area (Å²) in [6.07, 6.45) is 2.09. The lowest BCUT2D eigenvalue weighted by Crippen LogP contribution is -2.29. The number of amides is 1. The molecule has 0 aromatic heterocycles. The van der Waals surface area contributed by atoms with Crippen LogP contribution in [0.2, 0.25) is 0 Å². The zero-order valence-corrected chi connectivity index (χ0v) is 14.5. The Kier molecular flexibility index (Phi) is 4.97. The molecule has 3 rings (SSSR count). The van der Waals surface area contributed by atoms with Crippen LogP contribution >= 0.6 is 22.6 Å². The molecule has 0 bridgehead atoms. The van der Waals surface area contributed by atoms with Gasteiger partial charge in [0.2, 0.25) is 0 Å². The molecule has 0 spiro atoms. The van der Waals surface area contributed by atoms with Crippen LogP contribution in [0, 0.1) is 3.57 Å². The number of fused-ring (bicyclic) bond motifs is 1. The number of nitrogens with one attached hydrogen (secondary N) is 1. The number of carbonyl (C=O) groups is 1. The van der Waals surface area contributed by atoms with Gasteiger partial charge in [-0.15, -0.1) is 0 Å². The lowest BCUT2D eigenvalue weighted by atomic mass is 10.2. The van der Waals surface area contributed by atoms with Gasteiger partial charge in [0, 0.05) is 28.9 Å². The number of anilines is 1. The fourth-order valence-corrected chi connectivity index (χ4v) is 3.48. The van der Waals surface area contributed by atoms with Gasteiger partial charge in [-0.2, -0.15) is 0 Å². The molecule has 3 nitrogen and oxygen atoms in total. The highest BCUT2D eigenvalue weighted by Gasteiger charge is 2.17. The van der Waals surface area contributed by atoms with Gasteiger partial charge in [-0.05, 0) is 59.2 Å². The minimum atomic E-state index is 0.0202. The predicted molar refractivity (Wildman–Crippen MR) is 98.5 cm³/mol. The van der Waals surface area contributed by atoms with Gasteiger partial charge in [0.1, 0.15) is 0 Å². The fourth-order valence-electron chi connectivity index (χ4n) is 2.85. The number of para-hydroxylation sites is 1. The Bertz CT molecular complexity index is 672. The summed E-state index contributed by atoms with van der Waals surface area (Å²) in [5, 5.41) is 3.02. The smallest absolute Gasteiger partial charge is 0.252 e. The van der Waals surface area contributed by atoms with Crippen molar-refractivity contribution in [2.24, 2.45) is 0 Å². The second-order valence-corrected chi connectivity index (χ2v) is 6.62. The molecule has 0 fully saturated rings. The SMILES string of the molecule is O=C(NCCCN1CCc2ccccc21)c1ccccc1I. The van der Waals surface area contributed by atoms with Crippen LogP contribution in [0.1, 0.15) is 22.3 Å². The Morgan fingerprint density at radius 3 is 2.77 bits per heavy atom. The van der Waals surface area contributed by atoms with Crippen LogP contribution in [0.15, 0.2) is 48.5 Å². The molecule has 1 amide bonds. The molecule has 1 aliphatic heterocycles. The second-order valence-electron chi connectivity index (χ2n) is 5.46. The minimum absolute atomic E-state index is 0.0202. The molecular weight excluding hydrogens is 387 g/mol. The lowest BCUT2D eigenvalue weighted by Gasteiger charge is -2.19. The van der Waals surface area contributed by atoms with Gasteiger partial charge in [0.05, 0.1) is 5.56 Å². The van der Waals surface area contributed by atoms with Gasteiger partial charge in [0.15, 0.2) is 0 Å². The summed E-state index contributed by atoms with van der Waals surface area (Å²) in [5.74, 6) is 0.0202. The van der Waals surface area contributed by atoms with Gasteiger partial charge < -0.3 is 10.2 Å². The Hall–Kier alpha value is -1.56. The van der Waals surface area contributed by atoms with Crippen molar-refractivity contribution in [1.82, 2.24) is 5.32 Å². The molecule has 0 aliphatic carbocycles. The van der Waals surface area contributed by atoms with E-state index < -0.39 is 0 Å². The van der Waals surface area contributed by atoms with Crippen molar-refractivity contribution in [2.75, 3.05) is 24.5 Å². The van der Waals surface area contributed by atoms with Crippen LogP contribution < -0.4 is 10.2 Å². The molecule has 0 unspecified atom stereocenters. The molecule has 2 aromatic carbocycles. The van der Waals surface area contributed by atoms with Crippen LogP contribution in [-0.4, -0.2) is 25.5 Å². The molecule has 4 heteroatoms. The maximum Gasteiger partial charge on any atom is 0.252 e. The van der Waals surface area contributed by atoms with Crippen LogP contribution in [0.4, 0.5) is 5.69 Å². The highest BCUT2D eigenvalue weighted by molar-refractivity contribution is 14.1. The Morgan fingerprint density at radius 1 is 1.14 bits per heavy atom. The van der Waals surface area contributed by atoms with Gasteiger partial charge >= 0.3 is 0 Å². The Balaban J connectivity index is 1.47. The molecule has 0 atom stereocenters. The van der Waals surface area contributed by atoms with E-state index in [2.05, 4.69) is 57.1 Å². The van der Waals surface area contributed by atoms with Gasteiger partial charge in [-0.25, -0.2) is 0 Å². The quantitative estimate of drug-likeness (QED) is 0.609. The Morgan fingerprint density at radius 2 is 1.91 bits per heavy atom. The van der Waals surface area contributed by atoms with Crippen molar-refractivity contribution in [3.8, 4) is 0 Å². The maximum atomic E-state index is 12.1. The third-order valence-corrected chi connectivity index (χ3v) is 4.93. The van der Waals surface area contributed by atoms with Crippen LogP contribution in [0.25, 0.3) is 0 Å². The first-order valence-electron chi connectivity index (χ1n) is 7.61. The van der Waals surface area contributed by atoms with Gasteiger partial charge in [-0.3, -0.25) is 4.79 Å². The summed E-state index contributed by atoms with van der Waals surface area (Å²) in [7, 11) is 0. The summed E-state index contributed by atoms with van der Waals surface area (Å²) >= 11 is 2.20. The highest BCUT2D eigenvalue weighted by Crippen LogP contribution is 2.27. The van der Waals surface area contributed by atoms with Crippen molar-refractivity contribution >= 4 is 34.2 Å². The summed E-state index contributed by atoms with van der Waals surface area (Å²) in [6.45, 7) is 2.79. The van der Waals surface area contributed by atoms with Crippen LogP contribution in [0.5, 0.6) is 0 Å². The normalized spacial score (nSPS) is 13.0. The fraction of sp³-hybridized carbons (Fsp3) is 0.278. The predicted octanol–water partition coefficient (Wildman–Crippen LogP) is 3.47. The Labute approximate surface area is 144 Å². The maximum absolute atomic E-state index is 12.1. The topological polar surface area (TPSA) is 32.3 Å². The molecule has 1 aliphatic rings. The van der Waals surface area contributed by atoms with Crippen LogP contribution in [0.3, 0.4) is 0 Å². The number of halogens is 1. The number of nitrogens with zero attached hydrogens (tertiary/aromatic N) is 1. The van der Waals surface area contributed by atoms with Gasteiger partial charge in [-0.1, -0.05) is 30.3 Å². The first-order valence-corrected chi connectivity index (χ1v) is 8.69. The van der Waals surface area contributed by atoms with E-state index in [1.54, 1.807) is 0 Å². The van der Waals surface area contributed by atoms with E-state index >= 15 is 0 Å². The first kappa shape index (κ1) is 15.3. The highest BCUT2D eigenvalue weighted by atomic mass is 127. The van der Waals surface area contributed by atoms with E-state index in [-0.39, 0.29) is 5.91 Å². The molecule has 114 valence electrons. The summed E-state index contributed by atoms with van der Waals surface area (Å²) in [5.41, 5.74) is 3.55. The average molecular weight is 406 g/mol. The monoisotopic (exact) mass is 406 g/mol. The van der Waals surface area contributed by atoms with E-state index in [4.69, 9.17) is 0 Å². The number of benzene rings is 2. The molecule has 2 aromatic rings. The van der Waals surface area contributed by atoms with E-state index in [0.717, 1.165) is 35.1 Å². The largest absolute Gasteiger partial charge is 0.371 e.